The van der Waals surface area contributed by atoms with Crippen molar-refractivity contribution in [3.05, 3.63) is 24.3 Å². The Morgan fingerprint density at radius 3 is 3.00 bits per heavy atom. The average Bonchev–Trinajstić information content (AvgIpc) is 2.76. The molecule has 1 unspecified atom stereocenters. The van der Waals surface area contributed by atoms with Crippen LogP contribution in [-0.4, -0.2) is 21.5 Å². The van der Waals surface area contributed by atoms with Crippen LogP contribution in [0.3, 0.4) is 0 Å². The van der Waals surface area contributed by atoms with Crippen LogP contribution in [0.2, 0.25) is 0 Å². The Hall–Kier alpha value is -0.610. The van der Waals surface area contributed by atoms with E-state index in [1.165, 1.54) is 21.0 Å². The van der Waals surface area contributed by atoms with Crippen LogP contribution in [0.15, 0.2) is 29.3 Å². The lowest BCUT2D eigenvalue weighted by atomic mass is 10.3. The number of benzene rings is 1. The van der Waals surface area contributed by atoms with Crippen molar-refractivity contribution in [3.8, 4) is 0 Å². The van der Waals surface area contributed by atoms with Gasteiger partial charge in [0.1, 0.15) is 5.03 Å². The number of hydrogen-bond acceptors (Lipinski definition) is 2. The molecular formula is C9H10N2S2. The molecule has 1 aliphatic rings. The summed E-state index contributed by atoms with van der Waals surface area (Å²) in [6.07, 6.45) is 2.33. The van der Waals surface area contributed by atoms with Gasteiger partial charge in [-0.05, 0) is 12.3 Å². The second-order valence-corrected chi connectivity index (χ2v) is 9.80. The highest BCUT2D eigenvalue weighted by Crippen LogP contribution is 2.80. The highest BCUT2D eigenvalue weighted by atomic mass is 33.2. The van der Waals surface area contributed by atoms with Gasteiger partial charge in [0.25, 0.3) is 0 Å². The summed E-state index contributed by atoms with van der Waals surface area (Å²) in [6, 6.07) is 8.37. The van der Waals surface area contributed by atoms with Crippen LogP contribution in [0.4, 0.5) is 0 Å². The third kappa shape index (κ3) is 1.09. The zero-order valence-electron chi connectivity index (χ0n) is 7.28. The number of H-pyrrole nitrogens is 1. The average molecular weight is 210 g/mol. The standard InChI is InChI=1S/C9H10N2S2/c1-13(6-12-13)9-7-4-2-3-5-8(7)10-11-9/h2-5H,6H2,1H3,(H,10,11). The molecule has 1 saturated heterocycles. The first-order chi connectivity index (χ1) is 6.30. The SMILES string of the molecule is CS1(c2n[nH]c3ccccc23)CS1. The molecule has 3 rings (SSSR count). The molecule has 0 radical (unpaired) electrons. The van der Waals surface area contributed by atoms with E-state index in [1.54, 1.807) is 0 Å². The van der Waals surface area contributed by atoms with Crippen LogP contribution in [0.5, 0.6) is 0 Å². The van der Waals surface area contributed by atoms with Gasteiger partial charge in [0, 0.05) is 10.5 Å². The zero-order chi connectivity index (χ0) is 8.89. The van der Waals surface area contributed by atoms with Crippen molar-refractivity contribution < 1.29 is 0 Å². The topological polar surface area (TPSA) is 28.7 Å². The maximum atomic E-state index is 4.42. The smallest absolute Gasteiger partial charge is 0.118 e. The molecule has 68 valence electrons. The molecule has 2 aromatic rings. The van der Waals surface area contributed by atoms with E-state index in [2.05, 4.69) is 34.7 Å². The number of aromatic nitrogens is 2. The number of hydrogen-bond donors (Lipinski definition) is 1. The number of nitrogens with zero attached hydrogens (tertiary/aromatic N) is 1. The lowest BCUT2D eigenvalue weighted by molar-refractivity contribution is 1.02. The van der Waals surface area contributed by atoms with Gasteiger partial charge < -0.3 is 0 Å². The molecule has 1 fully saturated rings. The lowest BCUT2D eigenvalue weighted by Crippen LogP contribution is -1.79. The molecule has 2 nitrogen and oxygen atoms in total. The predicted molar refractivity (Wildman–Crippen MR) is 60.3 cm³/mol. The van der Waals surface area contributed by atoms with E-state index in [-0.39, 0.29) is 0 Å². The highest BCUT2D eigenvalue weighted by Gasteiger charge is 2.38. The minimum atomic E-state index is -0.562. The normalized spacial score (nSPS) is 31.5. The minimum absolute atomic E-state index is 0.562. The third-order valence-electron chi connectivity index (χ3n) is 2.32. The zero-order valence-corrected chi connectivity index (χ0v) is 8.91. The Bertz CT molecular complexity index is 459. The van der Waals surface area contributed by atoms with Gasteiger partial charge in [0.05, 0.1) is 5.52 Å². The largest absolute Gasteiger partial charge is 0.277 e. The van der Waals surface area contributed by atoms with Gasteiger partial charge in [-0.15, -0.1) is 9.06 Å². The van der Waals surface area contributed by atoms with Gasteiger partial charge in [-0.3, -0.25) is 5.10 Å². The Morgan fingerprint density at radius 2 is 2.23 bits per heavy atom. The van der Waals surface area contributed by atoms with Crippen molar-refractivity contribution in [2.24, 2.45) is 0 Å². The summed E-state index contributed by atoms with van der Waals surface area (Å²) in [5, 5.41) is 11.4. The molecule has 0 bridgehead atoms. The monoisotopic (exact) mass is 210 g/mol. The first-order valence-electron chi connectivity index (χ1n) is 4.13. The molecule has 0 amide bonds. The van der Waals surface area contributed by atoms with Gasteiger partial charge in [-0.1, -0.05) is 29.0 Å². The molecular weight excluding hydrogens is 200 g/mol. The molecule has 0 aliphatic carbocycles. The van der Waals surface area contributed by atoms with E-state index in [0.717, 1.165) is 0 Å². The minimum Gasteiger partial charge on any atom is -0.277 e. The van der Waals surface area contributed by atoms with Crippen molar-refractivity contribution in [1.29, 1.82) is 0 Å². The molecule has 0 saturated carbocycles. The number of rotatable bonds is 1. The van der Waals surface area contributed by atoms with Crippen LogP contribution < -0.4 is 0 Å². The second kappa shape index (κ2) is 2.45. The van der Waals surface area contributed by atoms with Crippen molar-refractivity contribution in [3.63, 3.8) is 0 Å². The van der Waals surface area contributed by atoms with E-state index < -0.39 is 9.06 Å². The molecule has 1 aliphatic heterocycles. The maximum Gasteiger partial charge on any atom is 0.118 e. The number of fused-ring (bicyclic) bond motifs is 1. The maximum absolute atomic E-state index is 4.42. The van der Waals surface area contributed by atoms with Gasteiger partial charge in [0.2, 0.25) is 0 Å². The summed E-state index contributed by atoms with van der Waals surface area (Å²) in [4.78, 5) is 0. The fraction of sp³-hybridized carbons (Fsp3) is 0.222. The summed E-state index contributed by atoms with van der Waals surface area (Å²) in [5.41, 5.74) is 1.17. The lowest BCUT2D eigenvalue weighted by Gasteiger charge is -2.06. The summed E-state index contributed by atoms with van der Waals surface area (Å²) in [5.74, 6) is 0. The Kier molecular flexibility index (Phi) is 1.46. The van der Waals surface area contributed by atoms with Crippen LogP contribution in [0, 0.1) is 0 Å². The first kappa shape index (κ1) is 7.76. The fourth-order valence-corrected chi connectivity index (χ4v) is 5.48. The summed E-state index contributed by atoms with van der Waals surface area (Å²) in [7, 11) is 1.48. The number of aromatic amines is 1. The van der Waals surface area contributed by atoms with Crippen molar-refractivity contribution in [2.45, 2.75) is 5.03 Å². The molecule has 13 heavy (non-hydrogen) atoms. The molecule has 1 atom stereocenters. The fourth-order valence-electron chi connectivity index (χ4n) is 1.45. The van der Waals surface area contributed by atoms with Crippen molar-refractivity contribution in [2.75, 3.05) is 11.3 Å². The third-order valence-corrected chi connectivity index (χ3v) is 7.69. The Balaban J connectivity index is 2.30. The number of nitrogens with one attached hydrogen (secondary N) is 1. The van der Waals surface area contributed by atoms with Crippen molar-refractivity contribution >= 4 is 30.8 Å². The van der Waals surface area contributed by atoms with E-state index >= 15 is 0 Å². The van der Waals surface area contributed by atoms with Gasteiger partial charge in [0.15, 0.2) is 0 Å². The predicted octanol–water partition coefficient (Wildman–Crippen LogP) is 2.98. The molecule has 1 aromatic carbocycles. The molecule has 2 heterocycles. The van der Waals surface area contributed by atoms with E-state index in [1.807, 2.05) is 16.9 Å². The van der Waals surface area contributed by atoms with Gasteiger partial charge in [-0.25, -0.2) is 0 Å². The Morgan fingerprint density at radius 1 is 1.46 bits per heavy atom. The molecule has 4 heteroatoms. The van der Waals surface area contributed by atoms with E-state index in [0.29, 0.717) is 0 Å². The van der Waals surface area contributed by atoms with Crippen LogP contribution in [-0.2, 0) is 0 Å². The van der Waals surface area contributed by atoms with Crippen LogP contribution in [0.25, 0.3) is 10.9 Å². The number of para-hydroxylation sites is 1. The summed E-state index contributed by atoms with van der Waals surface area (Å²) in [6.45, 7) is 0. The molecule has 0 spiro atoms. The van der Waals surface area contributed by atoms with E-state index in [9.17, 15) is 0 Å². The van der Waals surface area contributed by atoms with Gasteiger partial charge in [-0.2, -0.15) is 5.10 Å². The van der Waals surface area contributed by atoms with E-state index in [4.69, 9.17) is 0 Å². The molecule has 1 aromatic heterocycles. The summed E-state index contributed by atoms with van der Waals surface area (Å²) < 4.78 is 0. The van der Waals surface area contributed by atoms with Crippen LogP contribution >= 0.6 is 19.9 Å². The quantitative estimate of drug-likeness (QED) is 0.579. The summed E-state index contributed by atoms with van der Waals surface area (Å²) >= 11 is 0. The second-order valence-electron chi connectivity index (χ2n) is 3.32. The van der Waals surface area contributed by atoms with Gasteiger partial charge >= 0.3 is 0 Å². The first-order valence-corrected chi connectivity index (χ1v) is 7.84. The highest BCUT2D eigenvalue weighted by molar-refractivity contribution is 9.08. The van der Waals surface area contributed by atoms with Crippen LogP contribution in [0.1, 0.15) is 0 Å². The van der Waals surface area contributed by atoms with Crippen molar-refractivity contribution in [1.82, 2.24) is 10.2 Å². The molecule has 1 N–H and O–H groups in total. The Labute approximate surface area is 81.8 Å².